The van der Waals surface area contributed by atoms with Crippen molar-refractivity contribution in [3.63, 3.8) is 0 Å². The van der Waals surface area contributed by atoms with E-state index >= 15 is 0 Å². The molecule has 28 heavy (non-hydrogen) atoms. The Hall–Kier alpha value is -0.490. The third kappa shape index (κ3) is 6.25. The Kier molecular flexibility index (Phi) is 8.11. The number of rotatable bonds is 5. The second kappa shape index (κ2) is 9.55. The maximum absolute atomic E-state index is 5.89. The van der Waals surface area contributed by atoms with E-state index in [0.717, 1.165) is 29.9 Å². The summed E-state index contributed by atoms with van der Waals surface area (Å²) < 4.78 is -3.75. The van der Waals surface area contributed by atoms with Gasteiger partial charge in [0.05, 0.1) is 0 Å². The van der Waals surface area contributed by atoms with Crippen molar-refractivity contribution < 1.29 is 0 Å². The van der Waals surface area contributed by atoms with Crippen molar-refractivity contribution in [2.24, 2.45) is 0 Å². The van der Waals surface area contributed by atoms with Gasteiger partial charge in [0.25, 0.3) is 0 Å². The van der Waals surface area contributed by atoms with E-state index in [2.05, 4.69) is 45.8 Å². The number of alkyl halides is 6. The predicted octanol–water partition coefficient (Wildman–Crippen LogP) is 6.85. The Morgan fingerprint density at radius 2 is 1.39 bits per heavy atom. The van der Waals surface area contributed by atoms with Gasteiger partial charge in [0, 0.05) is 18.8 Å². The number of aryl methyl sites for hydroxylation is 1. The Morgan fingerprint density at radius 3 is 1.82 bits per heavy atom. The van der Waals surface area contributed by atoms with Gasteiger partial charge in [-0.15, -0.1) is 0 Å². The van der Waals surface area contributed by atoms with E-state index in [9.17, 15) is 0 Å². The van der Waals surface area contributed by atoms with Crippen molar-refractivity contribution in [3.05, 3.63) is 46.8 Å². The number of benzene rings is 1. The maximum atomic E-state index is 5.89. The normalized spacial score (nSPS) is 12.6. The molecule has 0 unspecified atom stereocenters. The summed E-state index contributed by atoms with van der Waals surface area (Å²) >= 11 is 35.3. The largest absolute Gasteiger partial charge is 0.372 e. The van der Waals surface area contributed by atoms with Crippen LogP contribution in [0.3, 0.4) is 0 Å². The smallest absolute Gasteiger partial charge is 0.250 e. The van der Waals surface area contributed by atoms with Crippen LogP contribution in [-0.4, -0.2) is 28.0 Å². The summed E-state index contributed by atoms with van der Waals surface area (Å²) in [5, 5.41) is 0. The van der Waals surface area contributed by atoms with E-state index in [1.165, 1.54) is 0 Å². The first-order valence-corrected chi connectivity index (χ1v) is 10.7. The van der Waals surface area contributed by atoms with Crippen molar-refractivity contribution in [2.75, 3.05) is 18.0 Å². The average Bonchev–Trinajstić information content (AvgIpc) is 2.60. The van der Waals surface area contributed by atoms with Crippen LogP contribution in [0.4, 0.5) is 5.69 Å². The molecule has 0 aliphatic carbocycles. The number of hydrogen-bond acceptors (Lipinski definition) is 4. The van der Waals surface area contributed by atoms with Gasteiger partial charge in [0.1, 0.15) is 0 Å². The van der Waals surface area contributed by atoms with E-state index < -0.39 is 7.59 Å². The summed E-state index contributed by atoms with van der Waals surface area (Å²) in [6, 6.07) is 6.21. The molecule has 1 aromatic carbocycles. The molecule has 0 saturated heterocycles. The summed E-state index contributed by atoms with van der Waals surface area (Å²) in [5.74, 6) is -0.0333. The zero-order valence-corrected chi connectivity index (χ0v) is 19.9. The number of halogens is 6. The van der Waals surface area contributed by atoms with Crippen LogP contribution < -0.4 is 4.90 Å². The molecule has 0 aliphatic heterocycles. The molecule has 2 rings (SSSR count). The lowest BCUT2D eigenvalue weighted by Crippen LogP contribution is -2.21. The molecule has 1 aromatic heterocycles. The first kappa shape index (κ1) is 23.8. The molecule has 0 atom stereocenters. The molecule has 10 heteroatoms. The van der Waals surface area contributed by atoms with Crippen LogP contribution in [0.2, 0.25) is 0 Å². The number of hydrogen-bond donors (Lipinski definition) is 0. The predicted molar refractivity (Wildman–Crippen MR) is 122 cm³/mol. The Bertz CT molecular complexity index is 822. The summed E-state index contributed by atoms with van der Waals surface area (Å²) in [7, 11) is 0. The van der Waals surface area contributed by atoms with Crippen LogP contribution in [0.1, 0.15) is 42.4 Å². The molecule has 4 nitrogen and oxygen atoms in total. The Labute approximate surface area is 194 Å². The number of aromatic nitrogens is 3. The lowest BCUT2D eigenvalue weighted by Gasteiger charge is -2.21. The summed E-state index contributed by atoms with van der Waals surface area (Å²) in [5.41, 5.74) is 3.25. The molecule has 0 bridgehead atoms. The lowest BCUT2D eigenvalue weighted by atomic mass is 10.1. The van der Waals surface area contributed by atoms with E-state index in [0.29, 0.717) is 0 Å². The molecule has 0 N–H and O–H groups in total. The van der Waals surface area contributed by atoms with Gasteiger partial charge in [-0.2, -0.15) is 0 Å². The molecule has 1 heterocycles. The minimum Gasteiger partial charge on any atom is -0.372 e. The molecule has 0 fully saturated rings. The van der Waals surface area contributed by atoms with Crippen LogP contribution in [0, 0.1) is 6.92 Å². The molecular weight excluding hydrogens is 485 g/mol. The maximum Gasteiger partial charge on any atom is 0.250 e. The number of anilines is 1. The van der Waals surface area contributed by atoms with Gasteiger partial charge < -0.3 is 4.90 Å². The van der Waals surface area contributed by atoms with Crippen molar-refractivity contribution in [3.8, 4) is 0 Å². The summed E-state index contributed by atoms with van der Waals surface area (Å²) in [4.78, 5) is 14.5. The number of nitrogens with zero attached hydrogens (tertiary/aromatic N) is 4. The topological polar surface area (TPSA) is 41.9 Å². The first-order valence-electron chi connectivity index (χ1n) is 8.39. The highest BCUT2D eigenvalue weighted by molar-refractivity contribution is 6.67. The van der Waals surface area contributed by atoms with Gasteiger partial charge in [0.2, 0.25) is 7.59 Å². The van der Waals surface area contributed by atoms with E-state index in [1.807, 2.05) is 19.1 Å². The molecule has 0 amide bonds. The van der Waals surface area contributed by atoms with Crippen molar-refractivity contribution in [1.82, 2.24) is 15.0 Å². The fourth-order valence-corrected chi connectivity index (χ4v) is 3.02. The molecule has 0 saturated carbocycles. The molecule has 0 aliphatic rings. The molecule has 2 aromatic rings. The van der Waals surface area contributed by atoms with Gasteiger partial charge in [-0.25, -0.2) is 15.0 Å². The second-order valence-corrected chi connectivity index (χ2v) is 10.4. The first-order chi connectivity index (χ1) is 13.0. The van der Waals surface area contributed by atoms with Crippen molar-refractivity contribution in [2.45, 2.75) is 28.4 Å². The molecule has 0 radical (unpaired) electrons. The third-order valence-corrected chi connectivity index (χ3v) is 4.97. The summed E-state index contributed by atoms with van der Waals surface area (Å²) in [6.07, 6.45) is 3.50. The van der Waals surface area contributed by atoms with Gasteiger partial charge in [-0.3, -0.25) is 0 Å². The highest BCUT2D eigenvalue weighted by atomic mass is 35.6. The second-order valence-electron chi connectivity index (χ2n) is 5.88. The van der Waals surface area contributed by atoms with E-state index in [1.54, 1.807) is 6.08 Å². The Morgan fingerprint density at radius 1 is 0.857 bits per heavy atom. The quantitative estimate of drug-likeness (QED) is 0.419. The third-order valence-electron chi connectivity index (χ3n) is 3.95. The zero-order valence-electron chi connectivity index (χ0n) is 15.4. The van der Waals surface area contributed by atoms with Crippen LogP contribution >= 0.6 is 69.6 Å². The fraction of sp³-hybridized carbons (Fsp3) is 0.389. The average molecular weight is 503 g/mol. The van der Waals surface area contributed by atoms with Crippen LogP contribution in [0.25, 0.3) is 12.2 Å². The Balaban J connectivity index is 2.40. The minimum absolute atomic E-state index is 0.123. The van der Waals surface area contributed by atoms with Crippen molar-refractivity contribution in [1.29, 1.82) is 0 Å². The van der Waals surface area contributed by atoms with Gasteiger partial charge >= 0.3 is 0 Å². The minimum atomic E-state index is -1.88. The van der Waals surface area contributed by atoms with Crippen molar-refractivity contribution >= 4 is 87.4 Å². The highest BCUT2D eigenvalue weighted by Crippen LogP contribution is 2.40. The molecular formula is C18H18Cl6N4. The standard InChI is InChI=1S/C18H18Cl6N4/c1-4-28(5-2)13-8-6-12(11(3)10-13)7-9-14-25-15(17(19,20)21)27-16(26-14)18(22,23)24/h6-10H,4-5H2,1-3H3. The van der Waals surface area contributed by atoms with Gasteiger partial charge in [0.15, 0.2) is 17.5 Å². The SMILES string of the molecule is CCN(CC)c1ccc(C=Cc2nc(C(Cl)(Cl)Cl)nc(C(Cl)(Cl)Cl)n2)c(C)c1. The van der Waals surface area contributed by atoms with Gasteiger partial charge in [-0.05, 0) is 50.1 Å². The monoisotopic (exact) mass is 500 g/mol. The van der Waals surface area contributed by atoms with E-state index in [-0.39, 0.29) is 17.5 Å². The lowest BCUT2D eigenvalue weighted by molar-refractivity contribution is 0.835. The van der Waals surface area contributed by atoms with E-state index in [4.69, 9.17) is 69.6 Å². The molecule has 152 valence electrons. The molecule has 0 spiro atoms. The van der Waals surface area contributed by atoms with Crippen LogP contribution in [-0.2, 0) is 7.59 Å². The fourth-order valence-electron chi connectivity index (χ4n) is 2.52. The van der Waals surface area contributed by atoms with Crippen LogP contribution in [0.5, 0.6) is 0 Å². The van der Waals surface area contributed by atoms with Gasteiger partial charge in [-0.1, -0.05) is 81.7 Å². The summed E-state index contributed by atoms with van der Waals surface area (Å²) in [6.45, 7) is 8.15. The van der Waals surface area contributed by atoms with Crippen LogP contribution in [0.15, 0.2) is 18.2 Å². The zero-order chi connectivity index (χ0) is 21.1. The highest BCUT2D eigenvalue weighted by Gasteiger charge is 2.33.